The second kappa shape index (κ2) is 4.78. The Bertz CT molecular complexity index is 300. The number of unbranched alkanes of at least 4 members (excludes halogenated alkanes) is 1. The van der Waals surface area contributed by atoms with Gasteiger partial charge in [0.15, 0.2) is 0 Å². The lowest BCUT2D eigenvalue weighted by Crippen LogP contribution is -2.35. The molecule has 15 heavy (non-hydrogen) atoms. The van der Waals surface area contributed by atoms with Crippen LogP contribution in [0.3, 0.4) is 0 Å². The van der Waals surface area contributed by atoms with Crippen LogP contribution in [0, 0.1) is 0 Å². The quantitative estimate of drug-likeness (QED) is 0.631. The number of sulfonamides is 1. The monoisotopic (exact) mass is 236 g/mol. The molecule has 1 heterocycles. The maximum Gasteiger partial charge on any atom is 0.214 e. The summed E-state index contributed by atoms with van der Waals surface area (Å²) in [7, 11) is -3.19. The van der Waals surface area contributed by atoms with Crippen LogP contribution in [0.25, 0.3) is 0 Å². The number of β-amino-alcohol motifs (C(OH)–C–C–N with tert-alkyl or cyclic N) is 1. The number of nitrogens with two attached hydrogens (primary N) is 1. The van der Waals surface area contributed by atoms with Gasteiger partial charge in [-0.05, 0) is 32.7 Å². The van der Waals surface area contributed by atoms with Crippen molar-refractivity contribution in [3.05, 3.63) is 0 Å². The van der Waals surface area contributed by atoms with Gasteiger partial charge in [-0.2, -0.15) is 4.31 Å². The van der Waals surface area contributed by atoms with Crippen molar-refractivity contribution < 1.29 is 13.5 Å². The zero-order valence-electron chi connectivity index (χ0n) is 9.15. The van der Waals surface area contributed by atoms with Gasteiger partial charge in [0.05, 0.1) is 11.4 Å². The Hall–Kier alpha value is -0.170. The first-order valence-electron chi connectivity index (χ1n) is 5.28. The topological polar surface area (TPSA) is 83.6 Å². The van der Waals surface area contributed by atoms with Crippen molar-refractivity contribution in [2.45, 2.75) is 31.8 Å². The van der Waals surface area contributed by atoms with Crippen LogP contribution in [0.5, 0.6) is 0 Å². The third-order valence-corrected chi connectivity index (χ3v) is 4.57. The molecule has 0 aliphatic carbocycles. The van der Waals surface area contributed by atoms with Crippen molar-refractivity contribution in [2.75, 3.05) is 25.4 Å². The van der Waals surface area contributed by atoms with Gasteiger partial charge in [-0.3, -0.25) is 0 Å². The summed E-state index contributed by atoms with van der Waals surface area (Å²) in [6.07, 6.45) is 1.84. The van der Waals surface area contributed by atoms with Crippen LogP contribution in [0.4, 0.5) is 0 Å². The Kier molecular flexibility index (Phi) is 4.11. The Morgan fingerprint density at radius 3 is 2.60 bits per heavy atom. The molecule has 1 unspecified atom stereocenters. The molecule has 5 nitrogen and oxygen atoms in total. The van der Waals surface area contributed by atoms with E-state index in [2.05, 4.69) is 0 Å². The fourth-order valence-corrected chi connectivity index (χ4v) is 3.37. The summed E-state index contributed by atoms with van der Waals surface area (Å²) in [5.41, 5.74) is 4.45. The average molecular weight is 236 g/mol. The number of hydrogen-bond donors (Lipinski definition) is 2. The van der Waals surface area contributed by atoms with Crippen LogP contribution in [-0.4, -0.2) is 48.8 Å². The van der Waals surface area contributed by atoms with Crippen LogP contribution >= 0.6 is 0 Å². The van der Waals surface area contributed by atoms with E-state index >= 15 is 0 Å². The van der Waals surface area contributed by atoms with Gasteiger partial charge in [0.2, 0.25) is 10.0 Å². The molecule has 1 saturated heterocycles. The Labute approximate surface area is 91.3 Å². The molecule has 0 spiro atoms. The molecule has 0 aromatic rings. The summed E-state index contributed by atoms with van der Waals surface area (Å²) < 4.78 is 24.9. The summed E-state index contributed by atoms with van der Waals surface area (Å²) in [5.74, 6) is 0.139. The van der Waals surface area contributed by atoms with E-state index in [4.69, 9.17) is 5.73 Å². The molecule has 0 aromatic heterocycles. The minimum Gasteiger partial charge on any atom is -0.389 e. The Morgan fingerprint density at radius 1 is 1.47 bits per heavy atom. The minimum absolute atomic E-state index is 0.139. The van der Waals surface area contributed by atoms with Gasteiger partial charge in [-0.25, -0.2) is 8.42 Å². The number of nitrogens with zero attached hydrogens (tertiary/aromatic N) is 1. The predicted molar refractivity (Wildman–Crippen MR) is 58.9 cm³/mol. The lowest BCUT2D eigenvalue weighted by atomic mass is 10.1. The zero-order valence-corrected chi connectivity index (χ0v) is 9.96. The largest absolute Gasteiger partial charge is 0.389 e. The van der Waals surface area contributed by atoms with Crippen molar-refractivity contribution in [3.63, 3.8) is 0 Å². The third-order valence-electron chi connectivity index (χ3n) is 2.67. The normalized spacial score (nSPS) is 28.5. The van der Waals surface area contributed by atoms with Gasteiger partial charge >= 0.3 is 0 Å². The SMILES string of the molecule is CC1(O)CCN(S(=O)(=O)CCCCN)C1. The van der Waals surface area contributed by atoms with Gasteiger partial charge in [0, 0.05) is 13.1 Å². The average Bonchev–Trinajstić information content (AvgIpc) is 2.47. The smallest absolute Gasteiger partial charge is 0.214 e. The highest BCUT2D eigenvalue weighted by atomic mass is 32.2. The number of hydrogen-bond acceptors (Lipinski definition) is 4. The standard InChI is InChI=1S/C9H20N2O3S/c1-9(12)4-6-11(8-9)15(13,14)7-3-2-5-10/h12H,2-8,10H2,1H3. The fourth-order valence-electron chi connectivity index (χ4n) is 1.70. The van der Waals surface area contributed by atoms with Gasteiger partial charge in [-0.15, -0.1) is 0 Å². The minimum atomic E-state index is -3.19. The van der Waals surface area contributed by atoms with E-state index < -0.39 is 15.6 Å². The van der Waals surface area contributed by atoms with Crippen molar-refractivity contribution in [2.24, 2.45) is 5.73 Å². The molecule has 0 saturated carbocycles. The molecule has 0 bridgehead atoms. The molecule has 1 fully saturated rings. The highest BCUT2D eigenvalue weighted by Crippen LogP contribution is 2.23. The van der Waals surface area contributed by atoms with E-state index in [1.54, 1.807) is 6.92 Å². The van der Waals surface area contributed by atoms with Crippen molar-refractivity contribution in [1.29, 1.82) is 0 Å². The summed E-state index contributed by atoms with van der Waals surface area (Å²) in [5, 5.41) is 9.67. The first kappa shape index (κ1) is 12.9. The summed E-state index contributed by atoms with van der Waals surface area (Å²) >= 11 is 0. The predicted octanol–water partition coefficient (Wildman–Crippen LogP) is -0.488. The van der Waals surface area contributed by atoms with E-state index in [0.29, 0.717) is 25.9 Å². The molecule has 3 N–H and O–H groups in total. The molecule has 0 amide bonds. The molecule has 90 valence electrons. The Balaban J connectivity index is 2.49. The molecule has 0 aromatic carbocycles. The first-order chi connectivity index (χ1) is 6.87. The summed E-state index contributed by atoms with van der Waals surface area (Å²) in [4.78, 5) is 0. The molecular formula is C9H20N2O3S. The highest BCUT2D eigenvalue weighted by molar-refractivity contribution is 7.89. The first-order valence-corrected chi connectivity index (χ1v) is 6.89. The van der Waals surface area contributed by atoms with Crippen LogP contribution in [-0.2, 0) is 10.0 Å². The van der Waals surface area contributed by atoms with Gasteiger partial charge in [0.25, 0.3) is 0 Å². The van der Waals surface area contributed by atoms with E-state index in [1.165, 1.54) is 4.31 Å². The van der Waals surface area contributed by atoms with Crippen molar-refractivity contribution >= 4 is 10.0 Å². The lowest BCUT2D eigenvalue weighted by Gasteiger charge is -2.18. The van der Waals surface area contributed by atoms with E-state index in [1.807, 2.05) is 0 Å². The van der Waals surface area contributed by atoms with Crippen molar-refractivity contribution in [3.8, 4) is 0 Å². The second-order valence-electron chi connectivity index (χ2n) is 4.39. The molecule has 0 radical (unpaired) electrons. The van der Waals surface area contributed by atoms with Crippen LogP contribution in [0.15, 0.2) is 0 Å². The van der Waals surface area contributed by atoms with Crippen LogP contribution in [0.1, 0.15) is 26.2 Å². The second-order valence-corrected chi connectivity index (χ2v) is 6.48. The zero-order chi connectivity index (χ0) is 11.5. The van der Waals surface area contributed by atoms with Crippen molar-refractivity contribution in [1.82, 2.24) is 4.31 Å². The molecule has 6 heteroatoms. The number of aliphatic hydroxyl groups is 1. The van der Waals surface area contributed by atoms with Crippen LogP contribution < -0.4 is 5.73 Å². The van der Waals surface area contributed by atoms with E-state index in [0.717, 1.165) is 6.42 Å². The molecule has 1 atom stereocenters. The van der Waals surface area contributed by atoms with Gasteiger partial charge in [-0.1, -0.05) is 0 Å². The van der Waals surface area contributed by atoms with E-state index in [-0.39, 0.29) is 12.3 Å². The molecular weight excluding hydrogens is 216 g/mol. The molecule has 1 rings (SSSR count). The summed E-state index contributed by atoms with van der Waals surface area (Å²) in [6, 6.07) is 0. The van der Waals surface area contributed by atoms with Gasteiger partial charge < -0.3 is 10.8 Å². The number of rotatable bonds is 5. The Morgan fingerprint density at radius 2 is 2.13 bits per heavy atom. The third kappa shape index (κ3) is 3.71. The lowest BCUT2D eigenvalue weighted by molar-refractivity contribution is 0.0762. The van der Waals surface area contributed by atoms with Crippen LogP contribution in [0.2, 0.25) is 0 Å². The maximum absolute atomic E-state index is 11.8. The molecule has 1 aliphatic rings. The fraction of sp³-hybridized carbons (Fsp3) is 1.00. The van der Waals surface area contributed by atoms with Gasteiger partial charge in [0.1, 0.15) is 0 Å². The summed E-state index contributed by atoms with van der Waals surface area (Å²) in [6.45, 7) is 2.84. The maximum atomic E-state index is 11.8. The molecule has 1 aliphatic heterocycles. The van der Waals surface area contributed by atoms with E-state index in [9.17, 15) is 13.5 Å². The highest BCUT2D eigenvalue weighted by Gasteiger charge is 2.37.